The van der Waals surface area contributed by atoms with Gasteiger partial charge in [0.05, 0.1) is 0 Å². The molecule has 1 amide bonds. The van der Waals surface area contributed by atoms with Crippen molar-refractivity contribution in [3.05, 3.63) is 24.2 Å². The van der Waals surface area contributed by atoms with Gasteiger partial charge in [0.15, 0.2) is 0 Å². The number of rotatable bonds is 4. The fraction of sp³-hybridized carbons (Fsp3) is 0.636. The molecular weight excluding hydrogens is 366 g/mol. The van der Waals surface area contributed by atoms with Gasteiger partial charge < -0.3 is 14.3 Å². The Morgan fingerprint density at radius 1 is 1.14 bits per heavy atom. The molecule has 7 heteroatoms. The Bertz CT molecular complexity index is 876. The van der Waals surface area contributed by atoms with Crippen molar-refractivity contribution in [2.24, 2.45) is 11.8 Å². The molecule has 0 radical (unpaired) electrons. The van der Waals surface area contributed by atoms with Crippen LogP contribution in [0.1, 0.15) is 63.8 Å². The molecule has 1 aliphatic carbocycles. The van der Waals surface area contributed by atoms with Crippen molar-refractivity contribution in [1.82, 2.24) is 20.0 Å². The average Bonchev–Trinajstić information content (AvgIpc) is 3.31. The van der Waals surface area contributed by atoms with Crippen molar-refractivity contribution < 1.29 is 9.32 Å². The van der Waals surface area contributed by atoms with Gasteiger partial charge in [0.25, 0.3) is 0 Å². The van der Waals surface area contributed by atoms with Gasteiger partial charge in [0, 0.05) is 37.3 Å². The number of amides is 1. The number of carbonyl (C=O) groups is 1. The van der Waals surface area contributed by atoms with Gasteiger partial charge >= 0.3 is 0 Å². The Labute approximate surface area is 171 Å². The van der Waals surface area contributed by atoms with Gasteiger partial charge in [-0.2, -0.15) is 4.98 Å². The number of pyridine rings is 1. The summed E-state index contributed by atoms with van der Waals surface area (Å²) in [6.45, 7) is 5.04. The van der Waals surface area contributed by atoms with E-state index >= 15 is 0 Å². The maximum absolute atomic E-state index is 12.9. The van der Waals surface area contributed by atoms with Crippen molar-refractivity contribution >= 4 is 11.7 Å². The highest BCUT2D eigenvalue weighted by Gasteiger charge is 2.44. The molecule has 1 saturated carbocycles. The Kier molecular flexibility index (Phi) is 4.97. The summed E-state index contributed by atoms with van der Waals surface area (Å²) >= 11 is 0. The molecule has 0 N–H and O–H groups in total. The topological polar surface area (TPSA) is 75.4 Å². The first-order valence-electron chi connectivity index (χ1n) is 11.1. The summed E-state index contributed by atoms with van der Waals surface area (Å²) in [7, 11) is 0. The van der Waals surface area contributed by atoms with Crippen molar-refractivity contribution in [3.8, 4) is 11.4 Å². The van der Waals surface area contributed by atoms with Crippen LogP contribution in [0.3, 0.4) is 0 Å². The van der Waals surface area contributed by atoms with E-state index in [2.05, 4.69) is 28.0 Å². The van der Waals surface area contributed by atoms with Gasteiger partial charge in [-0.15, -0.1) is 0 Å². The zero-order valence-corrected chi connectivity index (χ0v) is 17.1. The van der Waals surface area contributed by atoms with E-state index in [4.69, 9.17) is 9.51 Å². The van der Waals surface area contributed by atoms with Crippen LogP contribution in [-0.2, 0) is 4.79 Å². The summed E-state index contributed by atoms with van der Waals surface area (Å²) in [6.07, 6.45) is 9.57. The molecule has 0 aromatic carbocycles. The molecule has 2 aromatic heterocycles. The van der Waals surface area contributed by atoms with Gasteiger partial charge in [-0.3, -0.25) is 4.79 Å². The second-order valence-electron chi connectivity index (χ2n) is 8.77. The minimum atomic E-state index is -0.0892. The molecule has 154 valence electrons. The molecule has 2 aliphatic heterocycles. The summed E-state index contributed by atoms with van der Waals surface area (Å²) in [6, 6.07) is 3.89. The van der Waals surface area contributed by atoms with Crippen molar-refractivity contribution in [2.45, 2.75) is 57.9 Å². The number of hydrogen-bond acceptors (Lipinski definition) is 6. The number of carbonyl (C=O) groups excluding carboxylic acids is 1. The third-order valence-corrected chi connectivity index (χ3v) is 6.62. The largest absolute Gasteiger partial charge is 0.357 e. The predicted octanol–water partition coefficient (Wildman–Crippen LogP) is 3.83. The van der Waals surface area contributed by atoms with Crippen LogP contribution < -0.4 is 4.90 Å². The molecular formula is C22H29N5O2. The van der Waals surface area contributed by atoms with E-state index < -0.39 is 0 Å². The van der Waals surface area contributed by atoms with E-state index in [1.54, 1.807) is 0 Å². The molecule has 0 bridgehead atoms. The number of nitrogens with zero attached hydrogens (tertiary/aromatic N) is 5. The minimum absolute atomic E-state index is 0.0892. The van der Waals surface area contributed by atoms with Crippen LogP contribution in [0.25, 0.3) is 11.4 Å². The van der Waals surface area contributed by atoms with E-state index in [0.29, 0.717) is 17.6 Å². The molecule has 5 rings (SSSR count). The van der Waals surface area contributed by atoms with Crippen LogP contribution in [0.5, 0.6) is 0 Å². The predicted molar refractivity (Wildman–Crippen MR) is 109 cm³/mol. The standard InChI is InChI=1S/C22H29N5O2/c1-15-13-17(15)22(28)27-12-6-3-7-18(27)21-24-20(25-29-21)16-8-9-23-19(14-16)26-10-4-2-5-11-26/h8-9,14-15,17-18H,2-7,10-13H2,1H3/t15-,17+,18+/m1/s1. The first kappa shape index (κ1) is 18.6. The maximum Gasteiger partial charge on any atom is 0.249 e. The summed E-state index contributed by atoms with van der Waals surface area (Å²) in [4.78, 5) is 26.4. The van der Waals surface area contributed by atoms with E-state index in [1.807, 2.05) is 17.2 Å². The molecule has 29 heavy (non-hydrogen) atoms. The van der Waals surface area contributed by atoms with Crippen LogP contribution in [-0.4, -0.2) is 45.6 Å². The zero-order valence-electron chi connectivity index (χ0n) is 17.1. The van der Waals surface area contributed by atoms with Gasteiger partial charge in [-0.05, 0) is 63.0 Å². The van der Waals surface area contributed by atoms with Crippen LogP contribution >= 0.6 is 0 Å². The average molecular weight is 396 g/mol. The summed E-state index contributed by atoms with van der Waals surface area (Å²) in [5, 5.41) is 4.25. The Morgan fingerprint density at radius 2 is 1.93 bits per heavy atom. The van der Waals surface area contributed by atoms with E-state index in [1.165, 1.54) is 19.3 Å². The number of aromatic nitrogens is 3. The lowest BCUT2D eigenvalue weighted by atomic mass is 10.0. The third-order valence-electron chi connectivity index (χ3n) is 6.62. The monoisotopic (exact) mass is 395 g/mol. The van der Waals surface area contributed by atoms with Gasteiger partial charge in [-0.25, -0.2) is 4.98 Å². The number of piperidine rings is 2. The molecule has 0 spiro atoms. The van der Waals surface area contributed by atoms with Gasteiger partial charge in [-0.1, -0.05) is 12.1 Å². The highest BCUT2D eigenvalue weighted by molar-refractivity contribution is 5.82. The fourth-order valence-corrected chi connectivity index (χ4v) is 4.67. The normalized spacial score (nSPS) is 27.1. The van der Waals surface area contributed by atoms with Crippen LogP contribution in [0.4, 0.5) is 5.82 Å². The molecule has 2 saturated heterocycles. The minimum Gasteiger partial charge on any atom is -0.357 e. The van der Waals surface area contributed by atoms with Gasteiger partial charge in [0.2, 0.25) is 17.6 Å². The molecule has 3 atom stereocenters. The molecule has 3 fully saturated rings. The molecule has 3 aliphatic rings. The number of anilines is 1. The van der Waals surface area contributed by atoms with E-state index in [9.17, 15) is 4.79 Å². The smallest absolute Gasteiger partial charge is 0.249 e. The first-order chi connectivity index (χ1) is 14.2. The van der Waals surface area contributed by atoms with Gasteiger partial charge in [0.1, 0.15) is 11.9 Å². The van der Waals surface area contributed by atoms with Crippen molar-refractivity contribution in [3.63, 3.8) is 0 Å². The Morgan fingerprint density at radius 3 is 2.72 bits per heavy atom. The lowest BCUT2D eigenvalue weighted by molar-refractivity contribution is -0.137. The van der Waals surface area contributed by atoms with Crippen molar-refractivity contribution in [2.75, 3.05) is 24.5 Å². The summed E-state index contributed by atoms with van der Waals surface area (Å²) in [5.74, 6) is 3.08. The number of hydrogen-bond donors (Lipinski definition) is 0. The second kappa shape index (κ2) is 7.76. The summed E-state index contributed by atoms with van der Waals surface area (Å²) in [5.41, 5.74) is 0.917. The van der Waals surface area contributed by atoms with E-state index in [0.717, 1.165) is 56.7 Å². The lowest BCUT2D eigenvalue weighted by Crippen LogP contribution is -2.39. The Balaban J connectivity index is 1.36. The maximum atomic E-state index is 12.9. The molecule has 0 unspecified atom stereocenters. The fourth-order valence-electron chi connectivity index (χ4n) is 4.67. The molecule has 7 nitrogen and oxygen atoms in total. The van der Waals surface area contributed by atoms with Crippen LogP contribution in [0.2, 0.25) is 0 Å². The second-order valence-corrected chi connectivity index (χ2v) is 8.77. The van der Waals surface area contributed by atoms with E-state index in [-0.39, 0.29) is 17.9 Å². The SMILES string of the molecule is C[C@@H]1C[C@@H]1C(=O)N1CCCC[C@H]1c1nc(-c2ccnc(N3CCCCC3)c2)no1. The highest BCUT2D eigenvalue weighted by Crippen LogP contribution is 2.42. The molecule has 4 heterocycles. The number of likely N-dealkylation sites (tertiary alicyclic amines) is 1. The molecule has 2 aromatic rings. The summed E-state index contributed by atoms with van der Waals surface area (Å²) < 4.78 is 5.66. The Hall–Kier alpha value is -2.44. The first-order valence-corrected chi connectivity index (χ1v) is 11.1. The van der Waals surface area contributed by atoms with Crippen molar-refractivity contribution in [1.29, 1.82) is 0 Å². The lowest BCUT2D eigenvalue weighted by Gasteiger charge is -2.33. The zero-order chi connectivity index (χ0) is 19.8. The highest BCUT2D eigenvalue weighted by atomic mass is 16.5. The van der Waals surface area contributed by atoms with Crippen LogP contribution in [0.15, 0.2) is 22.9 Å². The quantitative estimate of drug-likeness (QED) is 0.783. The van der Waals surface area contributed by atoms with Crippen LogP contribution in [0, 0.1) is 11.8 Å². The third kappa shape index (κ3) is 3.74.